The minimum atomic E-state index is -1.03. The zero-order chi connectivity index (χ0) is 16.5. The topological polar surface area (TPSA) is 64.7 Å². The Morgan fingerprint density at radius 3 is 2.42 bits per heavy atom. The van der Waals surface area contributed by atoms with E-state index < -0.39 is 12.1 Å². The van der Waals surface area contributed by atoms with E-state index in [0.717, 1.165) is 16.3 Å². The van der Waals surface area contributed by atoms with Crippen LogP contribution in [0, 0.1) is 10.1 Å². The van der Waals surface area contributed by atoms with Crippen molar-refractivity contribution in [3.63, 3.8) is 0 Å². The van der Waals surface area contributed by atoms with Crippen molar-refractivity contribution in [3.05, 3.63) is 94.0 Å². The summed E-state index contributed by atoms with van der Waals surface area (Å²) in [7, 11) is 0. The number of oxime groups is 1. The van der Waals surface area contributed by atoms with Crippen molar-refractivity contribution in [2.45, 2.75) is 12.1 Å². The van der Waals surface area contributed by atoms with Gasteiger partial charge in [-0.15, -0.1) is 0 Å². The molecule has 2 atom stereocenters. The minimum absolute atomic E-state index is 0.314. The van der Waals surface area contributed by atoms with Crippen LogP contribution in [0.4, 0.5) is 0 Å². The number of hydrogen-bond acceptors (Lipinski definition) is 4. The standard InChI is InChI=1S/C19H14N2O3/c22-21(23)18-17(14-8-2-1-3-9-14)20-24-19(18)16-12-6-10-13-7-4-5-11-15(13)16/h1-12,18-19H. The van der Waals surface area contributed by atoms with Crippen LogP contribution in [0.5, 0.6) is 0 Å². The van der Waals surface area contributed by atoms with E-state index in [1.165, 1.54) is 0 Å². The van der Waals surface area contributed by atoms with Crippen molar-refractivity contribution in [1.82, 2.24) is 0 Å². The van der Waals surface area contributed by atoms with Crippen LogP contribution in [0.3, 0.4) is 0 Å². The first-order valence-electron chi connectivity index (χ1n) is 7.66. The Morgan fingerprint density at radius 1 is 0.917 bits per heavy atom. The molecule has 1 aliphatic rings. The molecular weight excluding hydrogens is 304 g/mol. The van der Waals surface area contributed by atoms with Gasteiger partial charge in [-0.1, -0.05) is 78.0 Å². The fourth-order valence-electron chi connectivity index (χ4n) is 3.14. The summed E-state index contributed by atoms with van der Waals surface area (Å²) in [4.78, 5) is 17.0. The second-order valence-corrected chi connectivity index (χ2v) is 5.67. The van der Waals surface area contributed by atoms with Gasteiger partial charge in [0.15, 0.2) is 5.71 Å². The van der Waals surface area contributed by atoms with Gasteiger partial charge < -0.3 is 4.84 Å². The highest BCUT2D eigenvalue weighted by molar-refractivity contribution is 6.05. The largest absolute Gasteiger partial charge is 0.379 e. The van der Waals surface area contributed by atoms with Crippen LogP contribution in [0.25, 0.3) is 10.8 Å². The van der Waals surface area contributed by atoms with E-state index in [1.807, 2.05) is 72.8 Å². The molecule has 24 heavy (non-hydrogen) atoms. The van der Waals surface area contributed by atoms with E-state index >= 15 is 0 Å². The Morgan fingerprint density at radius 2 is 1.62 bits per heavy atom. The molecule has 1 heterocycles. The minimum Gasteiger partial charge on any atom is -0.379 e. The van der Waals surface area contributed by atoms with E-state index in [1.54, 1.807) is 0 Å². The van der Waals surface area contributed by atoms with Crippen molar-refractivity contribution in [2.75, 3.05) is 0 Å². The molecule has 0 radical (unpaired) electrons. The summed E-state index contributed by atoms with van der Waals surface area (Å²) in [6.45, 7) is 0. The average molecular weight is 318 g/mol. The van der Waals surface area contributed by atoms with Crippen molar-refractivity contribution in [2.24, 2.45) is 5.16 Å². The van der Waals surface area contributed by atoms with Gasteiger partial charge in [-0.25, -0.2) is 0 Å². The van der Waals surface area contributed by atoms with Gasteiger partial charge in [0.2, 0.25) is 6.10 Å². The molecular formula is C19H14N2O3. The highest BCUT2D eigenvalue weighted by Crippen LogP contribution is 2.35. The molecule has 0 spiro atoms. The predicted octanol–water partition coefficient (Wildman–Crippen LogP) is 3.96. The predicted molar refractivity (Wildman–Crippen MR) is 91.5 cm³/mol. The van der Waals surface area contributed by atoms with Crippen molar-refractivity contribution < 1.29 is 9.76 Å². The lowest BCUT2D eigenvalue weighted by Gasteiger charge is -2.15. The van der Waals surface area contributed by atoms with E-state index in [2.05, 4.69) is 5.16 Å². The summed E-state index contributed by atoms with van der Waals surface area (Å²) in [5.41, 5.74) is 1.85. The second kappa shape index (κ2) is 5.77. The van der Waals surface area contributed by atoms with Crippen LogP contribution >= 0.6 is 0 Å². The van der Waals surface area contributed by atoms with Gasteiger partial charge >= 0.3 is 6.04 Å². The Hall–Kier alpha value is -3.21. The number of hydrogen-bond donors (Lipinski definition) is 0. The van der Waals surface area contributed by atoms with Crippen molar-refractivity contribution >= 4 is 16.5 Å². The Balaban J connectivity index is 1.81. The highest BCUT2D eigenvalue weighted by Gasteiger charge is 2.46. The molecule has 0 bridgehead atoms. The Bertz CT molecular complexity index is 932. The third-order valence-electron chi connectivity index (χ3n) is 4.26. The van der Waals surface area contributed by atoms with Crippen LogP contribution in [-0.2, 0) is 4.84 Å². The van der Waals surface area contributed by atoms with Crippen molar-refractivity contribution in [3.8, 4) is 0 Å². The summed E-state index contributed by atoms with van der Waals surface area (Å²) >= 11 is 0. The van der Waals surface area contributed by atoms with Crippen LogP contribution in [0.1, 0.15) is 17.2 Å². The summed E-state index contributed by atoms with van der Waals surface area (Å²) in [6.07, 6.45) is -0.735. The maximum absolute atomic E-state index is 11.7. The maximum atomic E-state index is 11.7. The number of nitro groups is 1. The summed E-state index contributed by atoms with van der Waals surface area (Å²) in [5.74, 6) is 0. The Kier molecular flexibility index (Phi) is 3.46. The zero-order valence-corrected chi connectivity index (χ0v) is 12.7. The number of nitrogens with zero attached hydrogens (tertiary/aromatic N) is 2. The molecule has 3 aromatic rings. The third-order valence-corrected chi connectivity index (χ3v) is 4.26. The first-order valence-corrected chi connectivity index (χ1v) is 7.66. The molecule has 0 saturated carbocycles. The molecule has 2 unspecified atom stereocenters. The molecule has 118 valence electrons. The summed E-state index contributed by atoms with van der Waals surface area (Å²) in [5, 5.41) is 17.8. The first-order chi connectivity index (χ1) is 11.8. The van der Waals surface area contributed by atoms with Crippen molar-refractivity contribution in [1.29, 1.82) is 0 Å². The van der Waals surface area contributed by atoms with Crippen LogP contribution in [0.15, 0.2) is 78.0 Å². The normalized spacial score (nSPS) is 19.8. The molecule has 0 saturated heterocycles. The highest BCUT2D eigenvalue weighted by atomic mass is 16.7. The first kappa shape index (κ1) is 14.4. The van der Waals surface area contributed by atoms with Crippen LogP contribution in [-0.4, -0.2) is 16.7 Å². The van der Waals surface area contributed by atoms with Gasteiger partial charge in [-0.05, 0) is 10.8 Å². The average Bonchev–Trinajstić information content (AvgIpc) is 3.07. The molecule has 0 fully saturated rings. The van der Waals surface area contributed by atoms with E-state index in [9.17, 15) is 10.1 Å². The van der Waals surface area contributed by atoms with Gasteiger partial charge in [0, 0.05) is 16.1 Å². The number of fused-ring (bicyclic) bond motifs is 1. The molecule has 5 nitrogen and oxygen atoms in total. The molecule has 0 aromatic heterocycles. The molecule has 0 aliphatic carbocycles. The van der Waals surface area contributed by atoms with E-state index in [4.69, 9.17) is 4.84 Å². The van der Waals surface area contributed by atoms with Gasteiger partial charge in [-0.3, -0.25) is 10.1 Å². The van der Waals surface area contributed by atoms with E-state index in [0.29, 0.717) is 11.3 Å². The number of benzene rings is 3. The lowest BCUT2D eigenvalue weighted by Crippen LogP contribution is -2.32. The maximum Gasteiger partial charge on any atom is 0.301 e. The molecule has 1 aliphatic heterocycles. The van der Waals surface area contributed by atoms with Gasteiger partial charge in [-0.2, -0.15) is 0 Å². The third kappa shape index (κ3) is 2.31. The SMILES string of the molecule is O=[N+]([O-])C1C(c2ccccc2)=NOC1c1cccc2ccccc12. The quantitative estimate of drug-likeness (QED) is 0.542. The van der Waals surface area contributed by atoms with Crippen LogP contribution in [0.2, 0.25) is 0 Å². The summed E-state index contributed by atoms with van der Waals surface area (Å²) in [6, 6.07) is 21.6. The Labute approximate surface area is 138 Å². The zero-order valence-electron chi connectivity index (χ0n) is 12.7. The number of rotatable bonds is 3. The molecule has 5 heteroatoms. The molecule has 4 rings (SSSR count). The van der Waals surface area contributed by atoms with Gasteiger partial charge in [0.25, 0.3) is 0 Å². The summed E-state index contributed by atoms with van der Waals surface area (Å²) < 4.78 is 0. The lowest BCUT2D eigenvalue weighted by molar-refractivity contribution is -0.512. The monoisotopic (exact) mass is 318 g/mol. The van der Waals surface area contributed by atoms with Gasteiger partial charge in [0.1, 0.15) is 0 Å². The van der Waals surface area contributed by atoms with E-state index in [-0.39, 0.29) is 4.92 Å². The molecule has 3 aromatic carbocycles. The van der Waals surface area contributed by atoms with Crippen LogP contribution < -0.4 is 0 Å². The second-order valence-electron chi connectivity index (χ2n) is 5.67. The van der Waals surface area contributed by atoms with Gasteiger partial charge in [0.05, 0.1) is 0 Å². The lowest BCUT2D eigenvalue weighted by atomic mass is 9.92. The fraction of sp³-hybridized carbons (Fsp3) is 0.105. The molecule has 0 N–H and O–H groups in total. The smallest absolute Gasteiger partial charge is 0.301 e. The molecule has 0 amide bonds. The fourth-order valence-corrected chi connectivity index (χ4v) is 3.14.